The molecular weight excluding hydrogens is 322 g/mol. The Hall–Kier alpha value is -2.41. The van der Waals surface area contributed by atoms with Gasteiger partial charge in [-0.15, -0.1) is 10.2 Å². The van der Waals surface area contributed by atoms with Crippen molar-refractivity contribution in [1.29, 1.82) is 0 Å². The van der Waals surface area contributed by atoms with Crippen LogP contribution in [0.2, 0.25) is 0 Å². The van der Waals surface area contributed by atoms with Crippen molar-refractivity contribution < 1.29 is 4.79 Å². The average molecular weight is 341 g/mol. The molecule has 0 unspecified atom stereocenters. The number of nitrogens with zero attached hydrogens (tertiary/aromatic N) is 4. The second kappa shape index (κ2) is 6.60. The van der Waals surface area contributed by atoms with E-state index in [0.717, 1.165) is 43.1 Å². The zero-order valence-corrected chi connectivity index (χ0v) is 14.1. The number of carbonyl (C=O) groups is 1. The molecule has 1 N–H and O–H groups in total. The quantitative estimate of drug-likeness (QED) is 0.789. The van der Waals surface area contributed by atoms with E-state index in [0.29, 0.717) is 6.42 Å². The van der Waals surface area contributed by atoms with Gasteiger partial charge < -0.3 is 10.2 Å². The van der Waals surface area contributed by atoms with Gasteiger partial charge in [-0.1, -0.05) is 6.07 Å². The molecule has 6 nitrogen and oxygen atoms in total. The summed E-state index contributed by atoms with van der Waals surface area (Å²) in [5.41, 5.74) is 1.95. The number of nitrogens with one attached hydrogen (secondary N) is 1. The third-order valence-electron chi connectivity index (χ3n) is 4.38. The van der Waals surface area contributed by atoms with Crippen molar-refractivity contribution in [1.82, 2.24) is 19.9 Å². The Kier molecular flexibility index (Phi) is 4.17. The van der Waals surface area contributed by atoms with Crippen LogP contribution >= 0.6 is 11.3 Å². The molecular formula is C17H19N5OS. The van der Waals surface area contributed by atoms with Gasteiger partial charge in [0, 0.05) is 25.3 Å². The van der Waals surface area contributed by atoms with Gasteiger partial charge in [-0.3, -0.25) is 9.20 Å². The van der Waals surface area contributed by atoms with Crippen LogP contribution < -0.4 is 10.2 Å². The summed E-state index contributed by atoms with van der Waals surface area (Å²) in [4.78, 5) is 14.4. The molecule has 0 bridgehead atoms. The molecule has 1 amide bonds. The first kappa shape index (κ1) is 15.1. The minimum atomic E-state index is 0.111. The zero-order chi connectivity index (χ0) is 16.4. The summed E-state index contributed by atoms with van der Waals surface area (Å²) in [6.45, 7) is 1.75. The molecule has 0 saturated carbocycles. The second-order valence-electron chi connectivity index (χ2n) is 6.07. The number of thiophene rings is 1. The molecule has 1 aliphatic heterocycles. The average Bonchev–Trinajstić information content (AvgIpc) is 3.25. The first-order chi connectivity index (χ1) is 11.8. The van der Waals surface area contributed by atoms with Gasteiger partial charge in [0.05, 0.1) is 6.42 Å². The predicted molar refractivity (Wildman–Crippen MR) is 94.4 cm³/mol. The molecule has 3 aromatic heterocycles. The van der Waals surface area contributed by atoms with E-state index >= 15 is 0 Å². The third kappa shape index (κ3) is 3.12. The van der Waals surface area contributed by atoms with Crippen molar-refractivity contribution in [3.63, 3.8) is 0 Å². The summed E-state index contributed by atoms with van der Waals surface area (Å²) in [7, 11) is 0. The number of aromatic nitrogens is 3. The van der Waals surface area contributed by atoms with Crippen LogP contribution in [-0.4, -0.2) is 39.6 Å². The molecule has 0 aliphatic carbocycles. The lowest BCUT2D eigenvalue weighted by Gasteiger charge is -2.32. The topological polar surface area (TPSA) is 62.5 Å². The molecule has 0 radical (unpaired) electrons. The summed E-state index contributed by atoms with van der Waals surface area (Å²) >= 11 is 1.63. The van der Waals surface area contributed by atoms with E-state index in [-0.39, 0.29) is 11.9 Å². The highest BCUT2D eigenvalue weighted by molar-refractivity contribution is 7.08. The summed E-state index contributed by atoms with van der Waals surface area (Å²) in [6.07, 6.45) is 4.31. The molecule has 124 valence electrons. The van der Waals surface area contributed by atoms with Crippen LogP contribution in [0.15, 0.2) is 41.2 Å². The number of hydrogen-bond acceptors (Lipinski definition) is 5. The fourth-order valence-corrected chi connectivity index (χ4v) is 3.79. The zero-order valence-electron chi connectivity index (χ0n) is 13.3. The maximum Gasteiger partial charge on any atom is 0.231 e. The highest BCUT2D eigenvalue weighted by Crippen LogP contribution is 2.19. The van der Waals surface area contributed by atoms with Crippen molar-refractivity contribution in [2.24, 2.45) is 0 Å². The minimum Gasteiger partial charge on any atom is -0.353 e. The maximum absolute atomic E-state index is 12.1. The van der Waals surface area contributed by atoms with Crippen molar-refractivity contribution in [2.45, 2.75) is 25.3 Å². The van der Waals surface area contributed by atoms with Crippen LogP contribution in [0.5, 0.6) is 0 Å². The molecule has 4 rings (SSSR count). The smallest absolute Gasteiger partial charge is 0.231 e. The lowest BCUT2D eigenvalue weighted by Crippen LogP contribution is -2.45. The fraction of sp³-hybridized carbons (Fsp3) is 0.353. The molecule has 0 spiro atoms. The lowest BCUT2D eigenvalue weighted by atomic mass is 10.0. The van der Waals surface area contributed by atoms with E-state index in [9.17, 15) is 4.79 Å². The summed E-state index contributed by atoms with van der Waals surface area (Å²) < 4.78 is 2.01. The van der Waals surface area contributed by atoms with Gasteiger partial charge in [0.25, 0.3) is 0 Å². The number of amides is 1. The van der Waals surface area contributed by atoms with Gasteiger partial charge >= 0.3 is 0 Å². The first-order valence-corrected chi connectivity index (χ1v) is 9.09. The molecule has 24 heavy (non-hydrogen) atoms. The molecule has 0 atom stereocenters. The Bertz CT molecular complexity index is 821. The van der Waals surface area contributed by atoms with E-state index in [1.807, 2.05) is 45.6 Å². The molecule has 3 aromatic rings. The second-order valence-corrected chi connectivity index (χ2v) is 6.85. The molecule has 1 saturated heterocycles. The molecule has 1 aliphatic rings. The number of rotatable bonds is 4. The number of hydrogen-bond donors (Lipinski definition) is 1. The first-order valence-electron chi connectivity index (χ1n) is 8.15. The standard InChI is InChI=1S/C17H19N5OS/c23-16(11-13-6-10-24-12-13)18-14-4-8-21(9-5-14)17-20-19-15-3-1-2-7-22(15)17/h1-3,6-7,10,12,14H,4-5,8-9,11H2,(H,18,23). The van der Waals surface area contributed by atoms with Crippen LogP contribution in [0, 0.1) is 0 Å². The Balaban J connectivity index is 1.34. The van der Waals surface area contributed by atoms with Crippen molar-refractivity contribution in [2.75, 3.05) is 18.0 Å². The van der Waals surface area contributed by atoms with Gasteiger partial charge in [0.2, 0.25) is 11.9 Å². The molecule has 0 aromatic carbocycles. The van der Waals surface area contributed by atoms with Gasteiger partial charge in [-0.2, -0.15) is 11.3 Å². The summed E-state index contributed by atoms with van der Waals surface area (Å²) in [5.74, 6) is 0.994. The van der Waals surface area contributed by atoms with Gasteiger partial charge in [-0.05, 0) is 47.4 Å². The van der Waals surface area contributed by atoms with Crippen LogP contribution in [0.4, 0.5) is 5.95 Å². The Labute approximate surface area is 144 Å². The Morgan fingerprint density at radius 1 is 1.25 bits per heavy atom. The van der Waals surface area contributed by atoms with Crippen molar-refractivity contribution >= 4 is 28.8 Å². The molecule has 7 heteroatoms. The van der Waals surface area contributed by atoms with E-state index in [1.165, 1.54) is 0 Å². The minimum absolute atomic E-state index is 0.111. The normalized spacial score (nSPS) is 15.8. The van der Waals surface area contributed by atoms with Crippen molar-refractivity contribution in [3.05, 3.63) is 46.8 Å². The highest BCUT2D eigenvalue weighted by atomic mass is 32.1. The monoisotopic (exact) mass is 341 g/mol. The molecule has 4 heterocycles. The number of carbonyl (C=O) groups excluding carboxylic acids is 1. The summed E-state index contributed by atoms with van der Waals surface area (Å²) in [6, 6.07) is 8.14. The number of fused-ring (bicyclic) bond motifs is 1. The SMILES string of the molecule is O=C(Cc1ccsc1)NC1CCN(c2nnc3ccccn23)CC1. The Morgan fingerprint density at radius 2 is 2.12 bits per heavy atom. The Morgan fingerprint density at radius 3 is 2.92 bits per heavy atom. The largest absolute Gasteiger partial charge is 0.353 e. The third-order valence-corrected chi connectivity index (χ3v) is 5.12. The van der Waals surface area contributed by atoms with Crippen LogP contribution in [-0.2, 0) is 11.2 Å². The van der Waals surface area contributed by atoms with Crippen molar-refractivity contribution in [3.8, 4) is 0 Å². The highest BCUT2D eigenvalue weighted by Gasteiger charge is 2.23. The van der Waals surface area contributed by atoms with Gasteiger partial charge in [-0.25, -0.2) is 0 Å². The van der Waals surface area contributed by atoms with Gasteiger partial charge in [0.1, 0.15) is 0 Å². The van der Waals surface area contributed by atoms with Crippen LogP contribution in [0.3, 0.4) is 0 Å². The van der Waals surface area contributed by atoms with E-state index < -0.39 is 0 Å². The number of piperidine rings is 1. The summed E-state index contributed by atoms with van der Waals surface area (Å²) in [5, 5.41) is 15.7. The van der Waals surface area contributed by atoms with Crippen LogP contribution in [0.1, 0.15) is 18.4 Å². The van der Waals surface area contributed by atoms with E-state index in [1.54, 1.807) is 11.3 Å². The maximum atomic E-state index is 12.1. The van der Waals surface area contributed by atoms with E-state index in [4.69, 9.17) is 0 Å². The molecule has 1 fully saturated rings. The predicted octanol–water partition coefficient (Wildman–Crippen LogP) is 2.12. The number of pyridine rings is 1. The van der Waals surface area contributed by atoms with E-state index in [2.05, 4.69) is 20.4 Å². The number of anilines is 1. The van der Waals surface area contributed by atoms with Gasteiger partial charge in [0.15, 0.2) is 5.65 Å². The van der Waals surface area contributed by atoms with Crippen LogP contribution in [0.25, 0.3) is 5.65 Å². The lowest BCUT2D eigenvalue weighted by molar-refractivity contribution is -0.121. The fourth-order valence-electron chi connectivity index (χ4n) is 3.13.